The fourth-order valence-corrected chi connectivity index (χ4v) is 3.96. The predicted octanol–water partition coefficient (Wildman–Crippen LogP) is 6.50. The highest BCUT2D eigenvalue weighted by molar-refractivity contribution is 7.99. The van der Waals surface area contributed by atoms with Crippen LogP contribution in [0.1, 0.15) is 0 Å². The molecule has 0 heterocycles. The van der Waals surface area contributed by atoms with Gasteiger partial charge in [0.05, 0.1) is 0 Å². The van der Waals surface area contributed by atoms with E-state index in [2.05, 4.69) is 0 Å². The third kappa shape index (κ3) is 6.99. The van der Waals surface area contributed by atoms with Crippen molar-refractivity contribution in [2.45, 2.75) is 19.6 Å². The first kappa shape index (κ1) is 21.5. The Balaban J connectivity index is 0.000000171. The molecule has 0 aliphatic rings. The van der Waals surface area contributed by atoms with Crippen molar-refractivity contribution in [2.24, 2.45) is 0 Å². The van der Waals surface area contributed by atoms with Gasteiger partial charge in [0.15, 0.2) is 0 Å². The van der Waals surface area contributed by atoms with Crippen LogP contribution in [0.3, 0.4) is 0 Å². The minimum absolute atomic E-state index is 0.269. The molecule has 0 aliphatic heterocycles. The van der Waals surface area contributed by atoms with Crippen LogP contribution in [0.2, 0.25) is 0 Å². The maximum absolute atomic E-state index is 9.12. The lowest BCUT2D eigenvalue weighted by Crippen LogP contribution is -1.73. The van der Waals surface area contributed by atoms with E-state index in [1.165, 1.54) is 0 Å². The van der Waals surface area contributed by atoms with E-state index < -0.39 is 0 Å². The van der Waals surface area contributed by atoms with E-state index in [0.29, 0.717) is 0 Å². The molecule has 0 amide bonds. The van der Waals surface area contributed by atoms with Crippen LogP contribution in [0, 0.1) is 0 Å². The summed E-state index contributed by atoms with van der Waals surface area (Å²) in [5, 5.41) is 36.5. The molecule has 4 N–H and O–H groups in total. The standard InChI is InChI=1S/2C12H10O2S/c2*13-9-1-5-11(6-2-9)15-12-7-3-10(14)4-8-12/h2*1-8,13-14H. The van der Waals surface area contributed by atoms with E-state index in [0.717, 1.165) is 19.6 Å². The molecule has 0 bridgehead atoms. The van der Waals surface area contributed by atoms with E-state index in [4.69, 9.17) is 20.4 Å². The lowest BCUT2D eigenvalue weighted by atomic mass is 10.3. The van der Waals surface area contributed by atoms with E-state index >= 15 is 0 Å². The van der Waals surface area contributed by atoms with Crippen molar-refractivity contribution in [2.75, 3.05) is 0 Å². The van der Waals surface area contributed by atoms with Gasteiger partial charge in [0.25, 0.3) is 0 Å². The molecular weight excluding hydrogens is 416 g/mol. The fourth-order valence-electron chi connectivity index (χ4n) is 2.33. The highest BCUT2D eigenvalue weighted by atomic mass is 32.2. The first-order valence-corrected chi connectivity index (χ1v) is 10.6. The maximum atomic E-state index is 9.12. The van der Waals surface area contributed by atoms with Gasteiger partial charge in [-0.3, -0.25) is 0 Å². The maximum Gasteiger partial charge on any atom is 0.115 e. The van der Waals surface area contributed by atoms with Crippen LogP contribution in [0.4, 0.5) is 0 Å². The third-order valence-electron chi connectivity index (χ3n) is 3.82. The van der Waals surface area contributed by atoms with Gasteiger partial charge in [-0.15, -0.1) is 0 Å². The number of benzene rings is 4. The second-order valence-electron chi connectivity index (χ2n) is 6.18. The lowest BCUT2D eigenvalue weighted by Gasteiger charge is -2.01. The summed E-state index contributed by atoms with van der Waals surface area (Å²) in [5.41, 5.74) is 0. The number of rotatable bonds is 4. The number of hydrogen-bond acceptors (Lipinski definition) is 6. The number of hydrogen-bond donors (Lipinski definition) is 4. The number of phenolic OH excluding ortho intramolecular Hbond substituents is 4. The molecule has 4 aromatic rings. The Bertz CT molecular complexity index is 870. The molecular formula is C24H20O4S2. The second-order valence-corrected chi connectivity index (χ2v) is 8.47. The Kier molecular flexibility index (Phi) is 7.54. The van der Waals surface area contributed by atoms with Crippen LogP contribution in [-0.2, 0) is 0 Å². The van der Waals surface area contributed by atoms with Crippen LogP contribution >= 0.6 is 23.5 Å². The number of aromatic hydroxyl groups is 4. The van der Waals surface area contributed by atoms with E-state index in [1.807, 2.05) is 48.5 Å². The molecule has 0 saturated heterocycles. The molecule has 0 atom stereocenters. The van der Waals surface area contributed by atoms with Crippen molar-refractivity contribution >= 4 is 23.5 Å². The van der Waals surface area contributed by atoms with Gasteiger partial charge in [-0.25, -0.2) is 0 Å². The van der Waals surface area contributed by atoms with Gasteiger partial charge in [-0.2, -0.15) is 0 Å². The highest BCUT2D eigenvalue weighted by Gasteiger charge is 1.98. The SMILES string of the molecule is Oc1ccc(Sc2ccc(O)cc2)cc1.Oc1ccc(Sc2ccc(O)cc2)cc1. The Morgan fingerprint density at radius 1 is 0.300 bits per heavy atom. The summed E-state index contributed by atoms with van der Waals surface area (Å²) in [6.45, 7) is 0. The van der Waals surface area contributed by atoms with Gasteiger partial charge in [0.2, 0.25) is 0 Å². The van der Waals surface area contributed by atoms with Gasteiger partial charge in [0.1, 0.15) is 23.0 Å². The van der Waals surface area contributed by atoms with Crippen molar-refractivity contribution in [3.05, 3.63) is 97.1 Å². The smallest absolute Gasteiger partial charge is 0.115 e. The zero-order valence-electron chi connectivity index (χ0n) is 15.8. The summed E-state index contributed by atoms with van der Waals surface area (Å²) in [6.07, 6.45) is 0. The minimum atomic E-state index is 0.269. The molecule has 0 aliphatic carbocycles. The van der Waals surface area contributed by atoms with Gasteiger partial charge >= 0.3 is 0 Å². The quantitative estimate of drug-likeness (QED) is 0.292. The first-order chi connectivity index (χ1) is 14.5. The number of phenols is 4. The molecule has 0 saturated carbocycles. The monoisotopic (exact) mass is 436 g/mol. The summed E-state index contributed by atoms with van der Waals surface area (Å²) in [6, 6.07) is 28.1. The molecule has 0 spiro atoms. The lowest BCUT2D eigenvalue weighted by molar-refractivity contribution is 0.474. The van der Waals surface area contributed by atoms with Crippen molar-refractivity contribution in [3.8, 4) is 23.0 Å². The fraction of sp³-hybridized carbons (Fsp3) is 0. The van der Waals surface area contributed by atoms with Gasteiger partial charge < -0.3 is 20.4 Å². The summed E-state index contributed by atoms with van der Waals surface area (Å²) in [7, 11) is 0. The van der Waals surface area contributed by atoms with Gasteiger partial charge in [-0.05, 0) is 97.1 Å². The van der Waals surface area contributed by atoms with E-state index in [1.54, 1.807) is 72.1 Å². The van der Waals surface area contributed by atoms with Crippen molar-refractivity contribution in [1.29, 1.82) is 0 Å². The van der Waals surface area contributed by atoms with Gasteiger partial charge in [0, 0.05) is 19.6 Å². The average molecular weight is 437 g/mol. The molecule has 4 rings (SSSR count). The topological polar surface area (TPSA) is 80.9 Å². The van der Waals surface area contributed by atoms with Crippen molar-refractivity contribution in [3.63, 3.8) is 0 Å². The van der Waals surface area contributed by atoms with Crippen molar-refractivity contribution < 1.29 is 20.4 Å². The highest BCUT2D eigenvalue weighted by Crippen LogP contribution is 2.30. The van der Waals surface area contributed by atoms with Crippen LogP contribution in [-0.4, -0.2) is 20.4 Å². The summed E-state index contributed by atoms with van der Waals surface area (Å²) >= 11 is 3.17. The molecule has 6 heteroatoms. The molecule has 0 fully saturated rings. The van der Waals surface area contributed by atoms with Crippen LogP contribution in [0.25, 0.3) is 0 Å². The van der Waals surface area contributed by atoms with E-state index in [9.17, 15) is 0 Å². The van der Waals surface area contributed by atoms with Crippen LogP contribution in [0.15, 0.2) is 117 Å². The molecule has 0 unspecified atom stereocenters. The zero-order valence-corrected chi connectivity index (χ0v) is 17.5. The Morgan fingerprint density at radius 3 is 0.633 bits per heavy atom. The normalized spacial score (nSPS) is 10.1. The van der Waals surface area contributed by atoms with Crippen LogP contribution < -0.4 is 0 Å². The Morgan fingerprint density at radius 2 is 0.467 bits per heavy atom. The average Bonchev–Trinajstić information content (AvgIpc) is 2.75. The molecule has 4 nitrogen and oxygen atoms in total. The summed E-state index contributed by atoms with van der Waals surface area (Å²) in [5.74, 6) is 1.07. The van der Waals surface area contributed by atoms with Crippen LogP contribution in [0.5, 0.6) is 23.0 Å². The first-order valence-electron chi connectivity index (χ1n) is 9.00. The summed E-state index contributed by atoms with van der Waals surface area (Å²) in [4.78, 5) is 4.22. The van der Waals surface area contributed by atoms with Gasteiger partial charge in [-0.1, -0.05) is 23.5 Å². The molecule has 152 valence electrons. The molecule has 30 heavy (non-hydrogen) atoms. The minimum Gasteiger partial charge on any atom is -0.508 e. The predicted molar refractivity (Wildman–Crippen MR) is 121 cm³/mol. The van der Waals surface area contributed by atoms with Crippen molar-refractivity contribution in [1.82, 2.24) is 0 Å². The van der Waals surface area contributed by atoms with E-state index in [-0.39, 0.29) is 23.0 Å². The zero-order chi connectivity index (χ0) is 21.3. The Labute approximate surface area is 183 Å². The molecule has 4 aromatic carbocycles. The Hall–Kier alpha value is -3.22. The third-order valence-corrected chi connectivity index (χ3v) is 5.85. The largest absolute Gasteiger partial charge is 0.508 e. The second kappa shape index (κ2) is 10.5. The molecule has 0 radical (unpaired) electrons. The summed E-state index contributed by atoms with van der Waals surface area (Å²) < 4.78 is 0. The molecule has 0 aromatic heterocycles.